The van der Waals surface area contributed by atoms with Crippen molar-refractivity contribution in [3.63, 3.8) is 0 Å². The molecular formula is C26H28ClN5O8. The second-order valence-corrected chi connectivity index (χ2v) is 9.53. The Hall–Kier alpha value is -3.80. The van der Waals surface area contributed by atoms with Crippen LogP contribution in [-0.2, 0) is 25.5 Å². The van der Waals surface area contributed by atoms with Gasteiger partial charge in [0.05, 0.1) is 19.5 Å². The summed E-state index contributed by atoms with van der Waals surface area (Å²) in [6.07, 6.45) is 3.98. The van der Waals surface area contributed by atoms with Crippen LogP contribution in [0.25, 0.3) is 11.2 Å². The lowest BCUT2D eigenvalue weighted by molar-refractivity contribution is -0.195. The Morgan fingerprint density at radius 3 is 2.42 bits per heavy atom. The SMILES string of the molecule is C#C[C@@H](O)[C@@H](O[C@@H](CO)COC(Cc1ccccc1)(C(=O)O)C(=O)O)n1cnc2c(N3CCCC3)nc(Cl)nc21. The number of halogens is 1. The van der Waals surface area contributed by atoms with E-state index in [-0.39, 0.29) is 10.9 Å². The first kappa shape index (κ1) is 29.2. The Morgan fingerprint density at radius 2 is 1.82 bits per heavy atom. The van der Waals surface area contributed by atoms with E-state index >= 15 is 0 Å². The monoisotopic (exact) mass is 573 g/mol. The molecule has 212 valence electrons. The summed E-state index contributed by atoms with van der Waals surface area (Å²) < 4.78 is 12.6. The molecule has 4 rings (SSSR count). The van der Waals surface area contributed by atoms with E-state index in [1.54, 1.807) is 30.3 Å². The first-order valence-electron chi connectivity index (χ1n) is 12.4. The van der Waals surface area contributed by atoms with Crippen LogP contribution >= 0.6 is 11.6 Å². The maximum Gasteiger partial charge on any atom is 0.348 e. The molecule has 1 aromatic carbocycles. The third-order valence-electron chi connectivity index (χ3n) is 6.53. The number of aliphatic hydroxyl groups excluding tert-OH is 2. The standard InChI is InChI=1S/C26H28ClN5O8/c1-2-18(34)22(32-15-28-19-20(31-10-6-7-11-31)29-25(27)30-21(19)32)40-17(13-33)14-39-26(23(35)36,24(37)38)12-16-8-4-3-5-9-16/h1,3-5,8-9,15,17-18,22,33-34H,6-7,10-14H2,(H,35,36)(H,37,38)/t17-,18+,22+/m0/s1. The van der Waals surface area contributed by atoms with Gasteiger partial charge in [0.25, 0.3) is 5.60 Å². The molecule has 0 unspecified atom stereocenters. The summed E-state index contributed by atoms with van der Waals surface area (Å²) in [5.74, 6) is -0.800. The fourth-order valence-corrected chi connectivity index (χ4v) is 4.61. The molecule has 13 nitrogen and oxygen atoms in total. The van der Waals surface area contributed by atoms with Crippen molar-refractivity contribution in [3.05, 3.63) is 47.5 Å². The van der Waals surface area contributed by atoms with Gasteiger partial charge in [-0.2, -0.15) is 9.97 Å². The number of imidazole rings is 1. The summed E-state index contributed by atoms with van der Waals surface area (Å²) in [4.78, 5) is 39.2. The van der Waals surface area contributed by atoms with Crippen LogP contribution in [0.1, 0.15) is 24.6 Å². The lowest BCUT2D eigenvalue weighted by Gasteiger charge is -2.30. The fourth-order valence-electron chi connectivity index (χ4n) is 4.45. The quantitative estimate of drug-likeness (QED) is 0.130. The Kier molecular flexibility index (Phi) is 9.18. The zero-order valence-corrected chi connectivity index (χ0v) is 22.0. The van der Waals surface area contributed by atoms with Gasteiger partial charge in [0.15, 0.2) is 29.3 Å². The van der Waals surface area contributed by atoms with Gasteiger partial charge in [-0.15, -0.1) is 6.42 Å². The second kappa shape index (κ2) is 12.6. The molecule has 0 aliphatic carbocycles. The summed E-state index contributed by atoms with van der Waals surface area (Å²) in [5, 5.41) is 40.3. The van der Waals surface area contributed by atoms with Crippen molar-refractivity contribution in [2.75, 3.05) is 31.2 Å². The van der Waals surface area contributed by atoms with E-state index in [2.05, 4.69) is 20.9 Å². The van der Waals surface area contributed by atoms with Gasteiger partial charge in [-0.1, -0.05) is 36.3 Å². The van der Waals surface area contributed by atoms with Gasteiger partial charge in [-0.3, -0.25) is 4.57 Å². The van der Waals surface area contributed by atoms with Crippen LogP contribution in [0.3, 0.4) is 0 Å². The number of anilines is 1. The van der Waals surface area contributed by atoms with E-state index in [1.165, 1.54) is 10.9 Å². The molecule has 1 aliphatic heterocycles. The maximum atomic E-state index is 12.1. The van der Waals surface area contributed by atoms with E-state index in [0.29, 0.717) is 16.9 Å². The van der Waals surface area contributed by atoms with E-state index in [0.717, 1.165) is 25.9 Å². The van der Waals surface area contributed by atoms with E-state index in [1.807, 2.05) is 4.90 Å². The number of hydrogen-bond donors (Lipinski definition) is 4. The third kappa shape index (κ3) is 6.01. The van der Waals surface area contributed by atoms with Crippen molar-refractivity contribution in [1.29, 1.82) is 0 Å². The van der Waals surface area contributed by atoms with E-state index in [9.17, 15) is 30.0 Å². The molecule has 14 heteroatoms. The van der Waals surface area contributed by atoms with Crippen LogP contribution in [0.5, 0.6) is 0 Å². The lowest BCUT2D eigenvalue weighted by Crippen LogP contribution is -2.52. The summed E-state index contributed by atoms with van der Waals surface area (Å²) >= 11 is 6.20. The Labute approximate surface area is 234 Å². The Balaban J connectivity index is 1.62. The van der Waals surface area contributed by atoms with Crippen LogP contribution in [0, 0.1) is 12.3 Å². The predicted molar refractivity (Wildman–Crippen MR) is 142 cm³/mol. The van der Waals surface area contributed by atoms with E-state index in [4.69, 9.17) is 27.5 Å². The molecule has 0 spiro atoms. The molecular weight excluding hydrogens is 546 g/mol. The molecule has 3 aromatic rings. The van der Waals surface area contributed by atoms with Gasteiger partial charge in [0, 0.05) is 19.5 Å². The lowest BCUT2D eigenvalue weighted by atomic mass is 9.94. The number of aliphatic carboxylic acids is 2. The normalized spacial score (nSPS) is 16.0. The first-order chi connectivity index (χ1) is 19.2. The minimum atomic E-state index is -2.68. The van der Waals surface area contributed by atoms with Gasteiger partial charge < -0.3 is 34.8 Å². The Morgan fingerprint density at radius 1 is 1.15 bits per heavy atom. The highest BCUT2D eigenvalue weighted by atomic mass is 35.5. The molecule has 1 aliphatic rings. The molecule has 2 aromatic heterocycles. The maximum absolute atomic E-state index is 12.1. The van der Waals surface area contributed by atoms with Crippen molar-refractivity contribution >= 4 is 40.5 Å². The van der Waals surface area contributed by atoms with Gasteiger partial charge in [0.1, 0.15) is 6.10 Å². The van der Waals surface area contributed by atoms with Crippen LogP contribution in [0.4, 0.5) is 5.82 Å². The van der Waals surface area contributed by atoms with Crippen molar-refractivity contribution in [2.24, 2.45) is 0 Å². The zero-order chi connectivity index (χ0) is 28.9. The number of carboxylic acid groups (broad SMARTS) is 2. The van der Waals surface area contributed by atoms with E-state index < -0.39 is 55.6 Å². The topological polar surface area (TPSA) is 180 Å². The number of carboxylic acids is 2. The number of benzene rings is 1. The number of rotatable bonds is 13. The Bertz CT molecular complexity index is 1370. The largest absolute Gasteiger partial charge is 0.479 e. The number of nitrogens with zero attached hydrogens (tertiary/aromatic N) is 5. The average Bonchev–Trinajstić information content (AvgIpc) is 3.62. The number of hydrogen-bond acceptors (Lipinski definition) is 10. The zero-order valence-electron chi connectivity index (χ0n) is 21.3. The number of ether oxygens (including phenoxy) is 2. The van der Waals surface area contributed by atoms with Crippen LogP contribution in [0.15, 0.2) is 36.7 Å². The minimum Gasteiger partial charge on any atom is -0.479 e. The van der Waals surface area contributed by atoms with Crippen molar-refractivity contribution in [2.45, 2.75) is 43.3 Å². The highest BCUT2D eigenvalue weighted by Crippen LogP contribution is 2.30. The molecule has 0 saturated carbocycles. The van der Waals surface area contributed by atoms with Crippen molar-refractivity contribution < 1.29 is 39.5 Å². The summed E-state index contributed by atoms with van der Waals surface area (Å²) in [6, 6.07) is 8.10. The molecule has 1 saturated heterocycles. The molecule has 1 fully saturated rings. The fraction of sp³-hybridized carbons (Fsp3) is 0.423. The molecule has 3 heterocycles. The first-order valence-corrected chi connectivity index (χ1v) is 12.8. The highest BCUT2D eigenvalue weighted by Gasteiger charge is 2.49. The second-order valence-electron chi connectivity index (χ2n) is 9.19. The molecule has 0 radical (unpaired) electrons. The summed E-state index contributed by atoms with van der Waals surface area (Å²) in [5.41, 5.74) is -1.68. The van der Waals surface area contributed by atoms with Gasteiger partial charge in [-0.05, 0) is 30.0 Å². The molecule has 0 bridgehead atoms. The number of carbonyl (C=O) groups is 2. The number of terminal acetylenes is 1. The van der Waals surface area contributed by atoms with Crippen molar-refractivity contribution in [3.8, 4) is 12.3 Å². The third-order valence-corrected chi connectivity index (χ3v) is 6.70. The van der Waals surface area contributed by atoms with Gasteiger partial charge in [-0.25, -0.2) is 14.6 Å². The number of aliphatic hydroxyl groups is 2. The van der Waals surface area contributed by atoms with Crippen LogP contribution in [-0.4, -0.2) is 96.0 Å². The summed E-state index contributed by atoms with van der Waals surface area (Å²) in [7, 11) is 0. The molecule has 0 amide bonds. The summed E-state index contributed by atoms with van der Waals surface area (Å²) in [6.45, 7) is 0.112. The van der Waals surface area contributed by atoms with Crippen LogP contribution in [0.2, 0.25) is 5.28 Å². The minimum absolute atomic E-state index is 0.0687. The smallest absolute Gasteiger partial charge is 0.348 e. The highest BCUT2D eigenvalue weighted by molar-refractivity contribution is 6.28. The number of aromatic nitrogens is 4. The molecule has 3 atom stereocenters. The van der Waals surface area contributed by atoms with Crippen molar-refractivity contribution in [1.82, 2.24) is 19.5 Å². The van der Waals surface area contributed by atoms with Gasteiger partial charge in [0.2, 0.25) is 5.28 Å². The molecule has 40 heavy (non-hydrogen) atoms. The molecule has 4 N–H and O–H groups in total. The number of fused-ring (bicyclic) bond motifs is 1. The predicted octanol–water partition coefficient (Wildman–Crippen LogP) is 1.12. The van der Waals surface area contributed by atoms with Gasteiger partial charge >= 0.3 is 11.9 Å². The average molecular weight is 574 g/mol. The van der Waals surface area contributed by atoms with Crippen LogP contribution < -0.4 is 4.90 Å².